The van der Waals surface area contributed by atoms with E-state index in [2.05, 4.69) is 25.0 Å². The molecule has 2 aromatic rings. The Morgan fingerprint density at radius 2 is 2.14 bits per heavy atom. The molecule has 0 N–H and O–H groups in total. The molecular formula is C15H22N6O. The van der Waals surface area contributed by atoms with Gasteiger partial charge in [-0.1, -0.05) is 5.21 Å². The minimum absolute atomic E-state index is 0.632. The molecule has 0 aromatic carbocycles. The lowest BCUT2D eigenvalue weighted by Gasteiger charge is -2.33. The molecule has 0 spiro atoms. The summed E-state index contributed by atoms with van der Waals surface area (Å²) in [5.41, 5.74) is 2.29. The van der Waals surface area contributed by atoms with E-state index in [-0.39, 0.29) is 0 Å². The summed E-state index contributed by atoms with van der Waals surface area (Å²) in [5.74, 6) is 0. The van der Waals surface area contributed by atoms with E-state index < -0.39 is 0 Å². The first-order chi connectivity index (χ1) is 10.9. The summed E-state index contributed by atoms with van der Waals surface area (Å²) < 4.78 is 9.49. The molecule has 1 fully saturated rings. The van der Waals surface area contributed by atoms with Crippen LogP contribution in [0.25, 0.3) is 0 Å². The molecule has 7 nitrogen and oxygen atoms in total. The summed E-state index contributed by atoms with van der Waals surface area (Å²) in [6.07, 6.45) is 7.18. The zero-order valence-corrected chi connectivity index (χ0v) is 12.8. The zero-order valence-electron chi connectivity index (χ0n) is 12.8. The predicted molar refractivity (Wildman–Crippen MR) is 80.2 cm³/mol. The maximum atomic E-state index is 5.50. The number of ether oxygens (including phenoxy) is 1. The van der Waals surface area contributed by atoms with Crippen molar-refractivity contribution in [2.75, 3.05) is 19.8 Å². The lowest BCUT2D eigenvalue weighted by atomic mass is 10.1. The lowest BCUT2D eigenvalue weighted by Crippen LogP contribution is -2.39. The average molecular weight is 302 g/mol. The molecule has 1 saturated heterocycles. The van der Waals surface area contributed by atoms with Crippen molar-refractivity contribution >= 4 is 0 Å². The molecule has 4 heterocycles. The third-order valence-corrected chi connectivity index (χ3v) is 4.66. The molecule has 0 bridgehead atoms. The Labute approximate surface area is 129 Å². The molecular weight excluding hydrogens is 280 g/mol. The molecule has 0 atom stereocenters. The van der Waals surface area contributed by atoms with Gasteiger partial charge in [0.25, 0.3) is 0 Å². The lowest BCUT2D eigenvalue weighted by molar-refractivity contribution is 0.0314. The van der Waals surface area contributed by atoms with E-state index in [9.17, 15) is 0 Å². The van der Waals surface area contributed by atoms with Gasteiger partial charge in [0.05, 0.1) is 12.2 Å². The maximum absolute atomic E-state index is 5.50. The van der Waals surface area contributed by atoms with Crippen LogP contribution in [0.3, 0.4) is 0 Å². The SMILES string of the molecule is c1cnn(Cc2nnn3c2CN(C2CCOCC2)CCC3)c1. The summed E-state index contributed by atoms with van der Waals surface area (Å²) in [6, 6.07) is 2.57. The fraction of sp³-hybridized carbons (Fsp3) is 0.667. The van der Waals surface area contributed by atoms with Gasteiger partial charge < -0.3 is 4.74 Å². The molecule has 2 aliphatic rings. The quantitative estimate of drug-likeness (QED) is 0.843. The van der Waals surface area contributed by atoms with Crippen molar-refractivity contribution in [3.8, 4) is 0 Å². The Bertz CT molecular complexity index is 602. The van der Waals surface area contributed by atoms with Gasteiger partial charge in [-0.25, -0.2) is 4.68 Å². The number of hydrogen-bond donors (Lipinski definition) is 0. The number of aromatic nitrogens is 5. The first kappa shape index (κ1) is 13.9. The van der Waals surface area contributed by atoms with Crippen LogP contribution in [0.15, 0.2) is 18.5 Å². The van der Waals surface area contributed by atoms with Gasteiger partial charge in [-0.3, -0.25) is 9.58 Å². The highest BCUT2D eigenvalue weighted by atomic mass is 16.5. The van der Waals surface area contributed by atoms with E-state index in [1.165, 1.54) is 5.69 Å². The smallest absolute Gasteiger partial charge is 0.109 e. The highest BCUT2D eigenvalue weighted by molar-refractivity contribution is 5.12. The van der Waals surface area contributed by atoms with Gasteiger partial charge in [-0.2, -0.15) is 5.10 Å². The van der Waals surface area contributed by atoms with Crippen molar-refractivity contribution in [1.29, 1.82) is 0 Å². The highest BCUT2D eigenvalue weighted by Gasteiger charge is 2.26. The van der Waals surface area contributed by atoms with Crippen LogP contribution in [0.5, 0.6) is 0 Å². The standard InChI is InChI=1S/C15H22N6O/c1-5-16-20(7-1)11-14-15-12-19(13-3-9-22-10-4-13)6-2-8-21(15)18-17-14/h1,5,7,13H,2-4,6,8-12H2. The minimum Gasteiger partial charge on any atom is -0.381 e. The zero-order chi connectivity index (χ0) is 14.8. The summed E-state index contributed by atoms with van der Waals surface area (Å²) in [5, 5.41) is 13.0. The van der Waals surface area contributed by atoms with Crippen molar-refractivity contribution in [3.05, 3.63) is 29.8 Å². The number of hydrogen-bond acceptors (Lipinski definition) is 5. The van der Waals surface area contributed by atoms with Crippen LogP contribution in [-0.4, -0.2) is 55.5 Å². The second-order valence-corrected chi connectivity index (χ2v) is 6.08. The van der Waals surface area contributed by atoms with Crippen LogP contribution in [-0.2, 0) is 24.4 Å². The van der Waals surface area contributed by atoms with Gasteiger partial charge in [0.15, 0.2) is 0 Å². The van der Waals surface area contributed by atoms with E-state index >= 15 is 0 Å². The molecule has 4 rings (SSSR count). The molecule has 118 valence electrons. The molecule has 2 aliphatic heterocycles. The monoisotopic (exact) mass is 302 g/mol. The Kier molecular flexibility index (Phi) is 3.90. The van der Waals surface area contributed by atoms with Crippen molar-refractivity contribution < 1.29 is 4.74 Å². The van der Waals surface area contributed by atoms with Crippen LogP contribution in [0.1, 0.15) is 30.7 Å². The van der Waals surface area contributed by atoms with Gasteiger partial charge in [-0.15, -0.1) is 5.10 Å². The minimum atomic E-state index is 0.632. The van der Waals surface area contributed by atoms with Crippen LogP contribution in [0.4, 0.5) is 0 Å². The molecule has 0 amide bonds. The third-order valence-electron chi connectivity index (χ3n) is 4.66. The van der Waals surface area contributed by atoms with Crippen molar-refractivity contribution in [2.24, 2.45) is 0 Å². The fourth-order valence-corrected chi connectivity index (χ4v) is 3.45. The van der Waals surface area contributed by atoms with E-state index in [0.29, 0.717) is 12.6 Å². The van der Waals surface area contributed by atoms with Crippen LogP contribution in [0.2, 0.25) is 0 Å². The summed E-state index contributed by atoms with van der Waals surface area (Å²) in [6.45, 7) is 5.51. The van der Waals surface area contributed by atoms with Gasteiger partial charge in [0, 0.05) is 51.3 Å². The van der Waals surface area contributed by atoms with Crippen LogP contribution >= 0.6 is 0 Å². The molecule has 22 heavy (non-hydrogen) atoms. The summed E-state index contributed by atoms with van der Waals surface area (Å²) in [7, 11) is 0. The van der Waals surface area contributed by atoms with Gasteiger partial charge in [0.2, 0.25) is 0 Å². The first-order valence-electron chi connectivity index (χ1n) is 8.10. The van der Waals surface area contributed by atoms with E-state index in [1.54, 1.807) is 6.20 Å². The molecule has 0 aliphatic carbocycles. The van der Waals surface area contributed by atoms with Gasteiger partial charge in [0.1, 0.15) is 5.69 Å². The molecule has 0 radical (unpaired) electrons. The van der Waals surface area contributed by atoms with Gasteiger partial charge >= 0.3 is 0 Å². The summed E-state index contributed by atoms with van der Waals surface area (Å²) in [4.78, 5) is 2.59. The Morgan fingerprint density at radius 1 is 1.23 bits per heavy atom. The second kappa shape index (κ2) is 6.18. The fourth-order valence-electron chi connectivity index (χ4n) is 3.45. The van der Waals surface area contributed by atoms with E-state index in [0.717, 1.165) is 57.8 Å². The third kappa shape index (κ3) is 2.78. The molecule has 2 aromatic heterocycles. The Balaban J connectivity index is 1.55. The normalized spacial score (nSPS) is 20.7. The van der Waals surface area contributed by atoms with Crippen molar-refractivity contribution in [3.63, 3.8) is 0 Å². The van der Waals surface area contributed by atoms with Crippen molar-refractivity contribution in [1.82, 2.24) is 29.7 Å². The number of fused-ring (bicyclic) bond motifs is 1. The Hall–Kier alpha value is -1.73. The van der Waals surface area contributed by atoms with E-state index in [1.807, 2.05) is 16.9 Å². The summed E-state index contributed by atoms with van der Waals surface area (Å²) >= 11 is 0. The van der Waals surface area contributed by atoms with Crippen LogP contribution in [0, 0.1) is 0 Å². The van der Waals surface area contributed by atoms with Crippen LogP contribution < -0.4 is 0 Å². The first-order valence-corrected chi connectivity index (χ1v) is 8.10. The van der Waals surface area contributed by atoms with E-state index in [4.69, 9.17) is 4.74 Å². The number of aryl methyl sites for hydroxylation is 1. The van der Waals surface area contributed by atoms with Gasteiger partial charge in [-0.05, 0) is 25.3 Å². The van der Waals surface area contributed by atoms with Crippen molar-refractivity contribution in [2.45, 2.75) is 44.9 Å². The predicted octanol–water partition coefficient (Wildman–Crippen LogP) is 0.908. The topological polar surface area (TPSA) is 61.0 Å². The number of nitrogens with zero attached hydrogens (tertiary/aromatic N) is 6. The molecule has 7 heteroatoms. The Morgan fingerprint density at radius 3 is 2.95 bits per heavy atom. The molecule has 0 saturated carbocycles. The maximum Gasteiger partial charge on any atom is 0.109 e. The second-order valence-electron chi connectivity index (χ2n) is 6.08. The average Bonchev–Trinajstić information content (AvgIpc) is 3.14. The number of rotatable bonds is 3. The highest BCUT2D eigenvalue weighted by Crippen LogP contribution is 2.22. The molecule has 0 unspecified atom stereocenters. The largest absolute Gasteiger partial charge is 0.381 e.